The Morgan fingerprint density at radius 1 is 1.09 bits per heavy atom. The monoisotopic (exact) mass is 345 g/mol. The largest absolute Gasteiger partial charge is 0.341 e. The molecule has 0 bridgehead atoms. The standard InChI is InChI=1S/C17H31N3O2.ClH/c1-3-16(21)20-11-5-4-6-15(20)17(22)19-12-8-14(9-13-19)7-10-18-2;/h14-15,18H,3-13H2,1-2H3;1H. The fraction of sp³-hybridized carbons (Fsp3) is 0.882. The summed E-state index contributed by atoms with van der Waals surface area (Å²) in [4.78, 5) is 28.7. The number of carbonyl (C=O) groups excluding carboxylic acids is 2. The first kappa shape index (κ1) is 20.2. The van der Waals surface area contributed by atoms with E-state index in [1.165, 1.54) is 6.42 Å². The van der Waals surface area contributed by atoms with Gasteiger partial charge in [0.1, 0.15) is 6.04 Å². The maximum absolute atomic E-state index is 12.8. The molecule has 1 atom stereocenters. The number of amides is 2. The van der Waals surface area contributed by atoms with Gasteiger partial charge >= 0.3 is 0 Å². The molecule has 2 fully saturated rings. The van der Waals surface area contributed by atoms with Crippen molar-refractivity contribution in [3.05, 3.63) is 0 Å². The van der Waals surface area contributed by atoms with Crippen LogP contribution in [0.3, 0.4) is 0 Å². The molecule has 2 aliphatic heterocycles. The van der Waals surface area contributed by atoms with Gasteiger partial charge in [0.15, 0.2) is 0 Å². The van der Waals surface area contributed by atoms with Crippen LogP contribution >= 0.6 is 12.4 Å². The van der Waals surface area contributed by atoms with Gasteiger partial charge in [-0.05, 0) is 58.0 Å². The molecule has 1 unspecified atom stereocenters. The molecule has 2 heterocycles. The lowest BCUT2D eigenvalue weighted by Gasteiger charge is -2.40. The third-order valence-electron chi connectivity index (χ3n) is 5.14. The Bertz CT molecular complexity index is 384. The van der Waals surface area contributed by atoms with E-state index in [0.29, 0.717) is 6.42 Å². The lowest BCUT2D eigenvalue weighted by Crippen LogP contribution is -2.54. The van der Waals surface area contributed by atoms with Gasteiger partial charge in [0, 0.05) is 26.1 Å². The predicted octanol–water partition coefficient (Wildman–Crippen LogP) is 2.05. The summed E-state index contributed by atoms with van der Waals surface area (Å²) >= 11 is 0. The maximum atomic E-state index is 12.8. The van der Waals surface area contributed by atoms with Crippen LogP contribution in [0.4, 0.5) is 0 Å². The maximum Gasteiger partial charge on any atom is 0.245 e. The molecule has 0 aromatic heterocycles. The van der Waals surface area contributed by atoms with Crippen molar-refractivity contribution in [2.24, 2.45) is 5.92 Å². The van der Waals surface area contributed by atoms with E-state index in [1.807, 2.05) is 23.8 Å². The summed E-state index contributed by atoms with van der Waals surface area (Å²) in [6, 6.07) is -0.199. The predicted molar refractivity (Wildman–Crippen MR) is 94.7 cm³/mol. The van der Waals surface area contributed by atoms with E-state index in [0.717, 1.165) is 64.2 Å². The third kappa shape index (κ3) is 5.35. The molecule has 23 heavy (non-hydrogen) atoms. The highest BCUT2D eigenvalue weighted by Gasteiger charge is 2.35. The molecule has 0 radical (unpaired) electrons. The number of hydrogen-bond donors (Lipinski definition) is 1. The molecule has 2 saturated heterocycles. The Labute approximate surface area is 146 Å². The van der Waals surface area contributed by atoms with E-state index in [1.54, 1.807) is 0 Å². The lowest BCUT2D eigenvalue weighted by atomic mass is 9.92. The fourth-order valence-electron chi connectivity index (χ4n) is 3.69. The number of nitrogens with zero attached hydrogens (tertiary/aromatic N) is 2. The van der Waals surface area contributed by atoms with E-state index < -0.39 is 0 Å². The minimum Gasteiger partial charge on any atom is -0.341 e. The van der Waals surface area contributed by atoms with E-state index in [2.05, 4.69) is 5.32 Å². The van der Waals surface area contributed by atoms with Crippen LogP contribution in [0.15, 0.2) is 0 Å². The summed E-state index contributed by atoms with van der Waals surface area (Å²) in [5.74, 6) is 1.05. The Morgan fingerprint density at radius 2 is 1.78 bits per heavy atom. The van der Waals surface area contributed by atoms with Crippen molar-refractivity contribution in [3.8, 4) is 0 Å². The van der Waals surface area contributed by atoms with Gasteiger partial charge in [0.25, 0.3) is 0 Å². The molecule has 0 aromatic carbocycles. The number of likely N-dealkylation sites (tertiary alicyclic amines) is 2. The number of carbonyl (C=O) groups is 2. The fourth-order valence-corrected chi connectivity index (χ4v) is 3.69. The molecule has 0 spiro atoms. The Kier molecular flexibility index (Phi) is 8.92. The lowest BCUT2D eigenvalue weighted by molar-refractivity contribution is -0.148. The molecule has 5 nitrogen and oxygen atoms in total. The molecule has 0 aliphatic carbocycles. The van der Waals surface area contributed by atoms with E-state index >= 15 is 0 Å². The van der Waals surface area contributed by atoms with E-state index in [9.17, 15) is 9.59 Å². The Hall–Kier alpha value is -0.810. The molecule has 2 rings (SSSR count). The highest BCUT2D eigenvalue weighted by Crippen LogP contribution is 2.24. The van der Waals surface area contributed by atoms with Crippen LogP contribution in [0.1, 0.15) is 51.9 Å². The first-order valence-corrected chi connectivity index (χ1v) is 8.90. The Balaban J connectivity index is 0.00000264. The second kappa shape index (κ2) is 10.1. The van der Waals surface area contributed by atoms with Gasteiger partial charge in [-0.3, -0.25) is 9.59 Å². The smallest absolute Gasteiger partial charge is 0.245 e. The van der Waals surface area contributed by atoms with Gasteiger partial charge in [-0.15, -0.1) is 12.4 Å². The molecule has 1 N–H and O–H groups in total. The first-order chi connectivity index (χ1) is 10.7. The van der Waals surface area contributed by atoms with Crippen molar-refractivity contribution < 1.29 is 9.59 Å². The number of nitrogens with one attached hydrogen (secondary N) is 1. The first-order valence-electron chi connectivity index (χ1n) is 8.90. The van der Waals surface area contributed by atoms with Crippen LogP contribution in [0, 0.1) is 5.92 Å². The quantitative estimate of drug-likeness (QED) is 0.829. The summed E-state index contributed by atoms with van der Waals surface area (Å²) in [6.07, 6.45) is 6.82. The average molecular weight is 346 g/mol. The number of rotatable bonds is 5. The molecule has 6 heteroatoms. The van der Waals surface area contributed by atoms with Gasteiger partial charge in [-0.1, -0.05) is 6.92 Å². The van der Waals surface area contributed by atoms with Gasteiger partial charge < -0.3 is 15.1 Å². The second-order valence-corrected chi connectivity index (χ2v) is 6.61. The number of halogens is 1. The highest BCUT2D eigenvalue weighted by molar-refractivity contribution is 5.88. The zero-order valence-electron chi connectivity index (χ0n) is 14.6. The van der Waals surface area contributed by atoms with Crippen LogP contribution in [0.5, 0.6) is 0 Å². The summed E-state index contributed by atoms with van der Waals surface area (Å²) in [6.45, 7) is 5.41. The van der Waals surface area contributed by atoms with Crippen molar-refractivity contribution in [3.63, 3.8) is 0 Å². The topological polar surface area (TPSA) is 52.7 Å². The van der Waals surface area contributed by atoms with Gasteiger partial charge in [-0.2, -0.15) is 0 Å². The Morgan fingerprint density at radius 3 is 2.39 bits per heavy atom. The van der Waals surface area contributed by atoms with Crippen molar-refractivity contribution >= 4 is 24.2 Å². The highest BCUT2D eigenvalue weighted by atomic mass is 35.5. The van der Waals surface area contributed by atoms with Crippen molar-refractivity contribution in [1.29, 1.82) is 0 Å². The van der Waals surface area contributed by atoms with Crippen LogP contribution in [-0.4, -0.2) is 60.9 Å². The number of hydrogen-bond acceptors (Lipinski definition) is 3. The SMILES string of the molecule is CCC(=O)N1CCCCC1C(=O)N1CCC(CCNC)CC1.Cl. The van der Waals surface area contributed by atoms with Gasteiger partial charge in [0.2, 0.25) is 11.8 Å². The van der Waals surface area contributed by atoms with E-state index in [-0.39, 0.29) is 30.3 Å². The average Bonchev–Trinajstić information content (AvgIpc) is 2.59. The van der Waals surface area contributed by atoms with Crippen molar-refractivity contribution in [1.82, 2.24) is 15.1 Å². The molecule has 2 amide bonds. The normalized spacial score (nSPS) is 22.6. The molecule has 0 aromatic rings. The molecule has 134 valence electrons. The minimum absolute atomic E-state index is 0. The molecule has 2 aliphatic rings. The van der Waals surface area contributed by atoms with Crippen LogP contribution in [0.2, 0.25) is 0 Å². The van der Waals surface area contributed by atoms with Crippen LogP contribution in [-0.2, 0) is 9.59 Å². The van der Waals surface area contributed by atoms with Crippen LogP contribution < -0.4 is 5.32 Å². The molecular weight excluding hydrogens is 314 g/mol. The number of piperidine rings is 2. The van der Waals surface area contributed by atoms with E-state index in [4.69, 9.17) is 0 Å². The van der Waals surface area contributed by atoms with Gasteiger partial charge in [0.05, 0.1) is 0 Å². The van der Waals surface area contributed by atoms with Crippen molar-refractivity contribution in [2.75, 3.05) is 33.2 Å². The second-order valence-electron chi connectivity index (χ2n) is 6.61. The van der Waals surface area contributed by atoms with Crippen LogP contribution in [0.25, 0.3) is 0 Å². The summed E-state index contributed by atoms with van der Waals surface area (Å²) in [7, 11) is 1.99. The third-order valence-corrected chi connectivity index (χ3v) is 5.14. The van der Waals surface area contributed by atoms with Crippen molar-refractivity contribution in [2.45, 2.75) is 57.9 Å². The molecule has 0 saturated carbocycles. The zero-order valence-corrected chi connectivity index (χ0v) is 15.4. The summed E-state index contributed by atoms with van der Waals surface area (Å²) < 4.78 is 0. The summed E-state index contributed by atoms with van der Waals surface area (Å²) in [5.41, 5.74) is 0. The molecular formula is C17H32ClN3O2. The minimum atomic E-state index is -0.199. The van der Waals surface area contributed by atoms with Gasteiger partial charge in [-0.25, -0.2) is 0 Å². The zero-order chi connectivity index (χ0) is 15.9. The summed E-state index contributed by atoms with van der Waals surface area (Å²) in [5, 5.41) is 3.20.